The lowest BCUT2D eigenvalue weighted by Gasteiger charge is -2.26. The van der Waals surface area contributed by atoms with Crippen molar-refractivity contribution in [3.05, 3.63) is 95.8 Å². The fraction of sp³-hybridized carbons (Fsp3) is 0.233. The van der Waals surface area contributed by atoms with Crippen molar-refractivity contribution in [3.8, 4) is 23.0 Å². The molecule has 0 saturated carbocycles. The van der Waals surface area contributed by atoms with E-state index in [2.05, 4.69) is 11.6 Å². The number of aliphatic hydroxyl groups excluding tert-OH is 1. The summed E-state index contributed by atoms with van der Waals surface area (Å²) in [6, 6.07) is 12.8. The van der Waals surface area contributed by atoms with Crippen LogP contribution in [0.4, 0.5) is 0 Å². The van der Waals surface area contributed by atoms with Crippen LogP contribution in [0, 0.1) is 0 Å². The number of ketones is 1. The Morgan fingerprint density at radius 3 is 2.67 bits per heavy atom. The maximum absolute atomic E-state index is 13.5. The molecule has 0 unspecified atom stereocenters. The number of aromatic nitrogens is 1. The monoisotopic (exact) mass is 528 g/mol. The molecule has 2 aromatic carbocycles. The second-order valence-electron chi connectivity index (χ2n) is 8.89. The first-order valence-corrected chi connectivity index (χ1v) is 12.6. The molecule has 39 heavy (non-hydrogen) atoms. The van der Waals surface area contributed by atoms with Crippen molar-refractivity contribution >= 4 is 17.4 Å². The molecule has 3 aromatic rings. The van der Waals surface area contributed by atoms with Crippen LogP contribution < -0.4 is 18.9 Å². The Balaban J connectivity index is 1.64. The molecule has 0 aliphatic carbocycles. The SMILES string of the molecule is C=CCOc1ccc([C@H]2/C(=C(\O)c3ccc4c(c3)OCCO4)C(=O)C(=O)N2Cc2cccnc2)cc1OCC. The fourth-order valence-corrected chi connectivity index (χ4v) is 4.66. The number of benzene rings is 2. The average Bonchev–Trinajstić information content (AvgIpc) is 3.21. The number of carbonyl (C=O) groups is 2. The third kappa shape index (κ3) is 5.16. The number of hydrogen-bond donors (Lipinski definition) is 1. The Hall–Kier alpha value is -4.79. The summed E-state index contributed by atoms with van der Waals surface area (Å²) in [6.45, 7) is 7.09. The van der Waals surface area contributed by atoms with Gasteiger partial charge in [-0.1, -0.05) is 24.8 Å². The molecule has 1 amide bonds. The van der Waals surface area contributed by atoms with Gasteiger partial charge in [-0.05, 0) is 54.4 Å². The van der Waals surface area contributed by atoms with Gasteiger partial charge in [-0.15, -0.1) is 0 Å². The summed E-state index contributed by atoms with van der Waals surface area (Å²) in [6.07, 6.45) is 4.89. The van der Waals surface area contributed by atoms with E-state index in [9.17, 15) is 14.7 Å². The molecule has 2 aliphatic rings. The number of ether oxygens (including phenoxy) is 4. The average molecular weight is 529 g/mol. The van der Waals surface area contributed by atoms with Gasteiger partial charge in [-0.3, -0.25) is 14.6 Å². The second kappa shape index (κ2) is 11.3. The normalized spacial score (nSPS) is 17.7. The van der Waals surface area contributed by atoms with Crippen LogP contribution in [0.25, 0.3) is 5.76 Å². The predicted molar refractivity (Wildman–Crippen MR) is 143 cm³/mol. The molecule has 0 radical (unpaired) electrons. The highest BCUT2D eigenvalue weighted by atomic mass is 16.6. The molecule has 5 rings (SSSR count). The smallest absolute Gasteiger partial charge is 0.295 e. The molecule has 200 valence electrons. The lowest BCUT2D eigenvalue weighted by Crippen LogP contribution is -2.29. The first-order valence-electron chi connectivity index (χ1n) is 12.6. The van der Waals surface area contributed by atoms with E-state index in [4.69, 9.17) is 18.9 Å². The van der Waals surface area contributed by atoms with Gasteiger partial charge in [0, 0.05) is 24.5 Å². The van der Waals surface area contributed by atoms with Crippen LogP contribution in [0.15, 0.2) is 79.2 Å². The first-order chi connectivity index (χ1) is 19.0. The Labute approximate surface area is 225 Å². The summed E-state index contributed by atoms with van der Waals surface area (Å²) < 4.78 is 22.8. The van der Waals surface area contributed by atoms with E-state index in [0.717, 1.165) is 5.56 Å². The Morgan fingerprint density at radius 1 is 1.10 bits per heavy atom. The Bertz CT molecular complexity index is 1430. The number of Topliss-reactive ketones (excluding diaryl/α,β-unsaturated/α-hetero) is 1. The highest BCUT2D eigenvalue weighted by Crippen LogP contribution is 2.43. The number of aliphatic hydroxyl groups is 1. The number of hydrogen-bond acceptors (Lipinski definition) is 8. The van der Waals surface area contributed by atoms with Gasteiger partial charge in [0.15, 0.2) is 23.0 Å². The van der Waals surface area contributed by atoms with Crippen molar-refractivity contribution in [2.24, 2.45) is 0 Å². The molecule has 2 aliphatic heterocycles. The van der Waals surface area contributed by atoms with Gasteiger partial charge < -0.3 is 29.0 Å². The number of carbonyl (C=O) groups excluding carboxylic acids is 2. The highest BCUT2D eigenvalue weighted by molar-refractivity contribution is 6.46. The number of likely N-dealkylation sites (tertiary alicyclic amines) is 1. The minimum absolute atomic E-state index is 0.0391. The number of rotatable bonds is 9. The Morgan fingerprint density at radius 2 is 1.92 bits per heavy atom. The molecule has 9 heteroatoms. The van der Waals surface area contributed by atoms with E-state index in [1.165, 1.54) is 4.90 Å². The molecule has 3 heterocycles. The minimum Gasteiger partial charge on any atom is -0.507 e. The largest absolute Gasteiger partial charge is 0.507 e. The number of amides is 1. The summed E-state index contributed by atoms with van der Waals surface area (Å²) >= 11 is 0. The van der Waals surface area contributed by atoms with Gasteiger partial charge in [-0.2, -0.15) is 0 Å². The molecular formula is C30H28N2O7. The highest BCUT2D eigenvalue weighted by Gasteiger charge is 2.46. The van der Waals surface area contributed by atoms with Crippen molar-refractivity contribution in [2.45, 2.75) is 19.5 Å². The summed E-state index contributed by atoms with van der Waals surface area (Å²) in [7, 11) is 0. The third-order valence-corrected chi connectivity index (χ3v) is 6.37. The van der Waals surface area contributed by atoms with Crippen molar-refractivity contribution in [2.75, 3.05) is 26.4 Å². The van der Waals surface area contributed by atoms with Crippen LogP contribution in [-0.2, 0) is 16.1 Å². The van der Waals surface area contributed by atoms with Crippen molar-refractivity contribution in [1.29, 1.82) is 0 Å². The minimum atomic E-state index is -0.897. The van der Waals surface area contributed by atoms with Crippen molar-refractivity contribution in [1.82, 2.24) is 9.88 Å². The van der Waals surface area contributed by atoms with E-state index in [0.29, 0.717) is 53.9 Å². The quantitative estimate of drug-likeness (QED) is 0.188. The zero-order valence-corrected chi connectivity index (χ0v) is 21.5. The van der Waals surface area contributed by atoms with E-state index in [-0.39, 0.29) is 24.5 Å². The maximum Gasteiger partial charge on any atom is 0.295 e. The molecule has 1 fully saturated rings. The van der Waals surface area contributed by atoms with Crippen LogP contribution in [0.5, 0.6) is 23.0 Å². The molecule has 0 spiro atoms. The second-order valence-corrected chi connectivity index (χ2v) is 8.89. The standard InChI is InChI=1S/C30H28N2O7/c1-3-12-37-22-9-7-20(15-24(22)36-4-2)27-26(28(33)21-8-10-23-25(16-21)39-14-13-38-23)29(34)30(35)32(27)18-19-6-5-11-31-17-19/h3,5-11,15-17,27,33H,1,4,12-14,18H2,2H3/b28-26+/t27-/m0/s1. The lowest BCUT2D eigenvalue weighted by atomic mass is 9.94. The summed E-state index contributed by atoms with van der Waals surface area (Å²) in [4.78, 5) is 32.4. The number of nitrogens with zero attached hydrogens (tertiary/aromatic N) is 2. The molecule has 9 nitrogen and oxygen atoms in total. The molecular weight excluding hydrogens is 500 g/mol. The maximum atomic E-state index is 13.5. The number of pyridine rings is 1. The van der Waals surface area contributed by atoms with Crippen LogP contribution in [0.2, 0.25) is 0 Å². The first kappa shape index (κ1) is 25.8. The number of fused-ring (bicyclic) bond motifs is 1. The van der Waals surface area contributed by atoms with Gasteiger partial charge in [-0.25, -0.2) is 0 Å². The van der Waals surface area contributed by atoms with E-state index < -0.39 is 17.7 Å². The fourth-order valence-electron chi connectivity index (χ4n) is 4.66. The van der Waals surface area contributed by atoms with Crippen molar-refractivity contribution < 1.29 is 33.6 Å². The molecule has 0 bridgehead atoms. The lowest BCUT2D eigenvalue weighted by molar-refractivity contribution is -0.140. The topological polar surface area (TPSA) is 107 Å². The molecule has 1 saturated heterocycles. The van der Waals surface area contributed by atoms with Crippen LogP contribution in [0.1, 0.15) is 29.7 Å². The van der Waals surface area contributed by atoms with Gasteiger partial charge >= 0.3 is 0 Å². The van der Waals surface area contributed by atoms with E-state index in [1.54, 1.807) is 60.9 Å². The van der Waals surface area contributed by atoms with Gasteiger partial charge in [0.1, 0.15) is 25.6 Å². The van der Waals surface area contributed by atoms with Gasteiger partial charge in [0.25, 0.3) is 11.7 Å². The zero-order valence-electron chi connectivity index (χ0n) is 21.5. The Kier molecular flexibility index (Phi) is 7.49. The third-order valence-electron chi connectivity index (χ3n) is 6.37. The molecule has 1 N–H and O–H groups in total. The van der Waals surface area contributed by atoms with Crippen LogP contribution >= 0.6 is 0 Å². The molecule has 1 aromatic heterocycles. The summed E-state index contributed by atoms with van der Waals surface area (Å²) in [5.74, 6) is 0.111. The van der Waals surface area contributed by atoms with E-state index in [1.807, 2.05) is 13.0 Å². The van der Waals surface area contributed by atoms with Gasteiger partial charge in [0.2, 0.25) is 0 Å². The van der Waals surface area contributed by atoms with Crippen LogP contribution in [-0.4, -0.2) is 53.1 Å². The predicted octanol–water partition coefficient (Wildman–Crippen LogP) is 4.44. The van der Waals surface area contributed by atoms with Gasteiger partial charge in [0.05, 0.1) is 18.2 Å². The molecule has 1 atom stereocenters. The van der Waals surface area contributed by atoms with Crippen molar-refractivity contribution in [3.63, 3.8) is 0 Å². The van der Waals surface area contributed by atoms with E-state index >= 15 is 0 Å². The van der Waals surface area contributed by atoms with Crippen LogP contribution in [0.3, 0.4) is 0 Å². The summed E-state index contributed by atoms with van der Waals surface area (Å²) in [5.41, 5.74) is 1.61. The summed E-state index contributed by atoms with van der Waals surface area (Å²) in [5, 5.41) is 11.5. The zero-order chi connectivity index (χ0) is 27.4.